The predicted molar refractivity (Wildman–Crippen MR) is 63.1 cm³/mol. The average molecular weight is 233 g/mol. The molecular weight excluding hydrogens is 220 g/mol. The highest BCUT2D eigenvalue weighted by Crippen LogP contribution is 2.27. The van der Waals surface area contributed by atoms with Crippen LogP contribution in [-0.4, -0.2) is 4.98 Å². The van der Waals surface area contributed by atoms with Gasteiger partial charge in [-0.1, -0.05) is 24.3 Å². The Morgan fingerprint density at radius 3 is 2.53 bits per heavy atom. The molecule has 2 aromatic rings. The molecule has 17 heavy (non-hydrogen) atoms. The lowest BCUT2D eigenvalue weighted by molar-refractivity contribution is 0.0174. The molecule has 2 rings (SSSR count). The molecule has 0 saturated carbocycles. The van der Waals surface area contributed by atoms with Crippen molar-refractivity contribution in [2.24, 2.45) is 0 Å². The van der Waals surface area contributed by atoms with E-state index in [9.17, 15) is 8.78 Å². The Labute approximate surface area is 99.1 Å². The van der Waals surface area contributed by atoms with Crippen LogP contribution in [0.5, 0.6) is 0 Å². The zero-order chi connectivity index (χ0) is 12.3. The van der Waals surface area contributed by atoms with Crippen molar-refractivity contribution in [3.63, 3.8) is 0 Å². The first-order chi connectivity index (χ1) is 8.05. The van der Waals surface area contributed by atoms with Crippen LogP contribution < -0.4 is 0 Å². The SMILES string of the molecule is CC(F)(F)c1cccc(Cc2cccnc2)c1. The first-order valence-electron chi connectivity index (χ1n) is 5.42. The Hall–Kier alpha value is -1.77. The van der Waals surface area contributed by atoms with Crippen molar-refractivity contribution < 1.29 is 8.78 Å². The van der Waals surface area contributed by atoms with E-state index in [1.807, 2.05) is 18.2 Å². The lowest BCUT2D eigenvalue weighted by Crippen LogP contribution is -2.07. The number of halogens is 2. The number of nitrogens with zero attached hydrogens (tertiary/aromatic N) is 1. The standard InChI is InChI=1S/C14H13F2N/c1-14(15,16)13-6-2-4-11(9-13)8-12-5-3-7-17-10-12/h2-7,9-10H,8H2,1H3. The Balaban J connectivity index is 2.23. The summed E-state index contributed by atoms with van der Waals surface area (Å²) in [4.78, 5) is 4.00. The fourth-order valence-corrected chi connectivity index (χ4v) is 1.69. The third-order valence-electron chi connectivity index (χ3n) is 2.56. The quantitative estimate of drug-likeness (QED) is 0.786. The summed E-state index contributed by atoms with van der Waals surface area (Å²) in [6, 6.07) is 10.3. The van der Waals surface area contributed by atoms with Crippen molar-refractivity contribution >= 4 is 0 Å². The average Bonchev–Trinajstić information content (AvgIpc) is 2.29. The molecule has 0 saturated heterocycles. The summed E-state index contributed by atoms with van der Waals surface area (Å²) in [7, 11) is 0. The van der Waals surface area contributed by atoms with E-state index < -0.39 is 5.92 Å². The molecule has 1 aromatic heterocycles. The summed E-state index contributed by atoms with van der Waals surface area (Å²) in [5.74, 6) is -2.79. The van der Waals surface area contributed by atoms with E-state index in [1.54, 1.807) is 24.5 Å². The maximum Gasteiger partial charge on any atom is 0.270 e. The third-order valence-corrected chi connectivity index (χ3v) is 2.56. The largest absolute Gasteiger partial charge is 0.270 e. The first kappa shape index (κ1) is 11.7. The maximum atomic E-state index is 13.2. The van der Waals surface area contributed by atoms with E-state index in [0.29, 0.717) is 6.42 Å². The molecule has 1 aromatic carbocycles. The fourth-order valence-electron chi connectivity index (χ4n) is 1.69. The van der Waals surface area contributed by atoms with Gasteiger partial charge in [-0.25, -0.2) is 8.78 Å². The fraction of sp³-hybridized carbons (Fsp3) is 0.214. The minimum atomic E-state index is -2.79. The topological polar surface area (TPSA) is 12.9 Å². The molecule has 0 spiro atoms. The molecular formula is C14H13F2N. The summed E-state index contributed by atoms with van der Waals surface area (Å²) in [5, 5.41) is 0. The van der Waals surface area contributed by atoms with Crippen molar-refractivity contribution in [3.8, 4) is 0 Å². The highest BCUT2D eigenvalue weighted by atomic mass is 19.3. The van der Waals surface area contributed by atoms with E-state index in [1.165, 1.54) is 6.07 Å². The van der Waals surface area contributed by atoms with Gasteiger partial charge < -0.3 is 0 Å². The zero-order valence-electron chi connectivity index (χ0n) is 9.53. The molecule has 0 N–H and O–H groups in total. The van der Waals surface area contributed by atoms with Crippen molar-refractivity contribution in [3.05, 3.63) is 65.5 Å². The summed E-state index contributed by atoms with van der Waals surface area (Å²) in [5.41, 5.74) is 1.94. The van der Waals surface area contributed by atoms with Gasteiger partial charge in [0.1, 0.15) is 0 Å². The Kier molecular flexibility index (Phi) is 3.18. The van der Waals surface area contributed by atoms with Crippen molar-refractivity contribution in [2.45, 2.75) is 19.3 Å². The molecule has 0 fully saturated rings. The van der Waals surface area contributed by atoms with Gasteiger partial charge >= 0.3 is 0 Å². The van der Waals surface area contributed by atoms with Gasteiger partial charge in [-0.15, -0.1) is 0 Å². The first-order valence-corrected chi connectivity index (χ1v) is 5.42. The van der Waals surface area contributed by atoms with Crippen LogP contribution in [-0.2, 0) is 12.3 Å². The molecule has 0 aliphatic rings. The zero-order valence-corrected chi connectivity index (χ0v) is 9.53. The number of hydrogen-bond donors (Lipinski definition) is 0. The number of benzene rings is 1. The van der Waals surface area contributed by atoms with Gasteiger partial charge in [-0.3, -0.25) is 4.98 Å². The molecule has 0 atom stereocenters. The van der Waals surface area contributed by atoms with Gasteiger partial charge in [0.25, 0.3) is 5.92 Å². The van der Waals surface area contributed by atoms with Crippen LogP contribution >= 0.6 is 0 Å². The van der Waals surface area contributed by atoms with Gasteiger partial charge in [0.05, 0.1) is 0 Å². The van der Waals surface area contributed by atoms with Crippen LogP contribution in [0.2, 0.25) is 0 Å². The minimum absolute atomic E-state index is 0.0545. The number of alkyl halides is 2. The lowest BCUT2D eigenvalue weighted by Gasteiger charge is -2.11. The number of aromatic nitrogens is 1. The van der Waals surface area contributed by atoms with Gasteiger partial charge in [-0.2, -0.15) is 0 Å². The van der Waals surface area contributed by atoms with Crippen LogP contribution in [0.25, 0.3) is 0 Å². The normalized spacial score (nSPS) is 11.5. The summed E-state index contributed by atoms with van der Waals surface area (Å²) >= 11 is 0. The van der Waals surface area contributed by atoms with Crippen molar-refractivity contribution in [2.75, 3.05) is 0 Å². The van der Waals surface area contributed by atoms with Crippen molar-refractivity contribution in [1.82, 2.24) is 4.98 Å². The lowest BCUT2D eigenvalue weighted by atomic mass is 10.0. The van der Waals surface area contributed by atoms with Gasteiger partial charge in [0.2, 0.25) is 0 Å². The van der Waals surface area contributed by atoms with E-state index >= 15 is 0 Å². The van der Waals surface area contributed by atoms with E-state index in [0.717, 1.165) is 18.1 Å². The Morgan fingerprint density at radius 1 is 1.12 bits per heavy atom. The molecule has 1 nitrogen and oxygen atoms in total. The van der Waals surface area contributed by atoms with Crippen molar-refractivity contribution in [1.29, 1.82) is 0 Å². The van der Waals surface area contributed by atoms with E-state index in [2.05, 4.69) is 4.98 Å². The Bertz CT molecular complexity index is 489. The van der Waals surface area contributed by atoms with Crippen LogP contribution in [0, 0.1) is 0 Å². The molecule has 0 bridgehead atoms. The smallest absolute Gasteiger partial charge is 0.264 e. The monoisotopic (exact) mass is 233 g/mol. The van der Waals surface area contributed by atoms with Crippen LogP contribution in [0.4, 0.5) is 8.78 Å². The minimum Gasteiger partial charge on any atom is -0.264 e. The van der Waals surface area contributed by atoms with Gasteiger partial charge in [0, 0.05) is 24.9 Å². The molecule has 0 amide bonds. The molecule has 0 aliphatic carbocycles. The summed E-state index contributed by atoms with van der Waals surface area (Å²) < 4.78 is 26.3. The Morgan fingerprint density at radius 2 is 1.88 bits per heavy atom. The second-order valence-electron chi connectivity index (χ2n) is 4.13. The molecule has 88 valence electrons. The number of rotatable bonds is 3. The third kappa shape index (κ3) is 3.09. The summed E-state index contributed by atoms with van der Waals surface area (Å²) in [6.45, 7) is 0.913. The van der Waals surface area contributed by atoms with Crippen LogP contribution in [0.1, 0.15) is 23.6 Å². The highest BCUT2D eigenvalue weighted by Gasteiger charge is 2.23. The van der Waals surface area contributed by atoms with Gasteiger partial charge in [0.15, 0.2) is 0 Å². The predicted octanol–water partition coefficient (Wildman–Crippen LogP) is 3.78. The molecule has 1 heterocycles. The second-order valence-corrected chi connectivity index (χ2v) is 4.13. The maximum absolute atomic E-state index is 13.2. The van der Waals surface area contributed by atoms with Crippen LogP contribution in [0.15, 0.2) is 48.8 Å². The number of hydrogen-bond acceptors (Lipinski definition) is 1. The molecule has 0 radical (unpaired) electrons. The summed E-state index contributed by atoms with van der Waals surface area (Å²) in [6.07, 6.45) is 4.06. The van der Waals surface area contributed by atoms with E-state index in [4.69, 9.17) is 0 Å². The highest BCUT2D eigenvalue weighted by molar-refractivity contribution is 5.30. The van der Waals surface area contributed by atoms with Crippen LogP contribution in [0.3, 0.4) is 0 Å². The van der Waals surface area contributed by atoms with E-state index in [-0.39, 0.29) is 5.56 Å². The molecule has 0 unspecified atom stereocenters. The second kappa shape index (κ2) is 4.62. The molecule has 0 aliphatic heterocycles. The number of pyridine rings is 1. The molecule has 3 heteroatoms. The van der Waals surface area contributed by atoms with Gasteiger partial charge in [-0.05, 0) is 29.7 Å².